The molecule has 98 valence electrons. The van der Waals surface area contributed by atoms with E-state index in [1.165, 1.54) is 12.8 Å². The summed E-state index contributed by atoms with van der Waals surface area (Å²) >= 11 is 0. The highest BCUT2D eigenvalue weighted by atomic mass is 16.6. The van der Waals surface area contributed by atoms with E-state index in [0.29, 0.717) is 18.4 Å². The summed E-state index contributed by atoms with van der Waals surface area (Å²) in [4.78, 5) is 17.9. The van der Waals surface area contributed by atoms with Crippen molar-refractivity contribution in [2.45, 2.75) is 26.2 Å². The zero-order chi connectivity index (χ0) is 13.1. The molecule has 1 fully saturated rings. The van der Waals surface area contributed by atoms with Gasteiger partial charge >= 0.3 is 5.69 Å². The summed E-state index contributed by atoms with van der Waals surface area (Å²) in [7, 11) is 0. The molecule has 2 atom stereocenters. The molecule has 7 nitrogen and oxygen atoms in total. The largest absolute Gasteiger partial charge is 0.368 e. The second-order valence-electron chi connectivity index (χ2n) is 4.77. The number of nitrogens with one attached hydrogen (secondary N) is 1. The van der Waals surface area contributed by atoms with E-state index in [9.17, 15) is 10.1 Å². The van der Waals surface area contributed by atoms with Gasteiger partial charge in [0.1, 0.15) is 6.20 Å². The number of rotatable bonds is 4. The van der Waals surface area contributed by atoms with Gasteiger partial charge in [0.2, 0.25) is 11.8 Å². The summed E-state index contributed by atoms with van der Waals surface area (Å²) in [5, 5.41) is 13.9. The Morgan fingerprint density at radius 2 is 2.39 bits per heavy atom. The van der Waals surface area contributed by atoms with Crippen molar-refractivity contribution in [3.05, 3.63) is 16.3 Å². The molecule has 1 aliphatic rings. The second kappa shape index (κ2) is 5.16. The van der Waals surface area contributed by atoms with Crippen LogP contribution in [0, 0.1) is 22.0 Å². The molecule has 1 saturated carbocycles. The van der Waals surface area contributed by atoms with E-state index in [4.69, 9.17) is 5.73 Å². The maximum atomic E-state index is 10.8. The van der Waals surface area contributed by atoms with Crippen molar-refractivity contribution in [1.82, 2.24) is 9.97 Å². The molecule has 0 radical (unpaired) electrons. The van der Waals surface area contributed by atoms with Crippen molar-refractivity contribution < 1.29 is 4.92 Å². The van der Waals surface area contributed by atoms with Crippen LogP contribution in [-0.4, -0.2) is 21.4 Å². The van der Waals surface area contributed by atoms with Crippen LogP contribution in [0.15, 0.2) is 6.20 Å². The molecule has 0 bridgehead atoms. The van der Waals surface area contributed by atoms with Crippen LogP contribution in [0.2, 0.25) is 0 Å². The molecular formula is C11H17N5O2. The average Bonchev–Trinajstić information content (AvgIpc) is 2.72. The third kappa shape index (κ3) is 2.66. The Hall–Kier alpha value is -1.92. The normalized spacial score (nSPS) is 22.9. The van der Waals surface area contributed by atoms with Crippen LogP contribution in [0.4, 0.5) is 17.5 Å². The molecule has 1 heterocycles. The lowest BCUT2D eigenvalue weighted by molar-refractivity contribution is -0.384. The second-order valence-corrected chi connectivity index (χ2v) is 4.77. The van der Waals surface area contributed by atoms with Gasteiger partial charge in [-0.15, -0.1) is 0 Å². The third-order valence-electron chi connectivity index (χ3n) is 3.56. The lowest BCUT2D eigenvalue weighted by atomic mass is 9.98. The Balaban J connectivity index is 2.08. The maximum absolute atomic E-state index is 10.8. The predicted octanol–water partition coefficient (Wildman–Crippen LogP) is 1.82. The van der Waals surface area contributed by atoms with Gasteiger partial charge in [0, 0.05) is 6.54 Å². The van der Waals surface area contributed by atoms with Gasteiger partial charge < -0.3 is 11.1 Å². The molecule has 0 aliphatic heterocycles. The van der Waals surface area contributed by atoms with Gasteiger partial charge in [0.15, 0.2) is 0 Å². The lowest BCUT2D eigenvalue weighted by Gasteiger charge is -2.16. The Bertz CT molecular complexity index is 451. The maximum Gasteiger partial charge on any atom is 0.329 e. The summed E-state index contributed by atoms with van der Waals surface area (Å²) in [5.74, 6) is 1.45. The molecule has 3 N–H and O–H groups in total. The number of nitrogens with two attached hydrogens (primary N) is 1. The van der Waals surface area contributed by atoms with Crippen molar-refractivity contribution in [3.63, 3.8) is 0 Å². The van der Waals surface area contributed by atoms with E-state index in [0.717, 1.165) is 12.6 Å². The Morgan fingerprint density at radius 3 is 3.00 bits per heavy atom. The van der Waals surface area contributed by atoms with Crippen LogP contribution in [0.3, 0.4) is 0 Å². The monoisotopic (exact) mass is 251 g/mol. The summed E-state index contributed by atoms with van der Waals surface area (Å²) in [5.41, 5.74) is 5.32. The van der Waals surface area contributed by atoms with Gasteiger partial charge in [0.05, 0.1) is 4.92 Å². The van der Waals surface area contributed by atoms with E-state index in [1.807, 2.05) is 0 Å². The standard InChI is InChI=1S/C11H17N5O2/c1-7-3-2-4-8(7)5-13-10-9(16(17)18)6-14-11(12)15-10/h6-8H,2-5H2,1H3,(H3,12,13,14,15). The van der Waals surface area contributed by atoms with Gasteiger partial charge in [-0.25, -0.2) is 4.98 Å². The van der Waals surface area contributed by atoms with E-state index >= 15 is 0 Å². The topological polar surface area (TPSA) is 107 Å². The van der Waals surface area contributed by atoms with Crippen LogP contribution in [0.25, 0.3) is 0 Å². The van der Waals surface area contributed by atoms with Crippen LogP contribution in [0.1, 0.15) is 26.2 Å². The molecule has 18 heavy (non-hydrogen) atoms. The van der Waals surface area contributed by atoms with E-state index < -0.39 is 4.92 Å². The van der Waals surface area contributed by atoms with Gasteiger partial charge in [-0.2, -0.15) is 4.98 Å². The van der Waals surface area contributed by atoms with Gasteiger partial charge in [-0.05, 0) is 18.3 Å². The van der Waals surface area contributed by atoms with Crippen molar-refractivity contribution in [2.75, 3.05) is 17.6 Å². The van der Waals surface area contributed by atoms with Gasteiger partial charge in [-0.1, -0.05) is 19.8 Å². The Labute approximate surface area is 105 Å². The third-order valence-corrected chi connectivity index (χ3v) is 3.56. The van der Waals surface area contributed by atoms with E-state index in [1.54, 1.807) is 0 Å². The summed E-state index contributed by atoms with van der Waals surface area (Å²) in [6.45, 7) is 2.90. The smallest absolute Gasteiger partial charge is 0.329 e. The highest BCUT2D eigenvalue weighted by Gasteiger charge is 2.24. The molecule has 0 saturated heterocycles. The minimum atomic E-state index is -0.500. The number of hydrogen-bond donors (Lipinski definition) is 2. The lowest BCUT2D eigenvalue weighted by Crippen LogP contribution is -2.18. The van der Waals surface area contributed by atoms with Crippen molar-refractivity contribution in [2.24, 2.45) is 11.8 Å². The first-order chi connectivity index (χ1) is 8.58. The molecule has 1 aromatic heterocycles. The molecule has 1 aliphatic carbocycles. The van der Waals surface area contributed by atoms with E-state index in [-0.39, 0.29) is 17.5 Å². The van der Waals surface area contributed by atoms with Gasteiger partial charge in [-0.3, -0.25) is 10.1 Å². The fourth-order valence-electron chi connectivity index (χ4n) is 2.41. The van der Waals surface area contributed by atoms with Gasteiger partial charge in [0.25, 0.3) is 0 Å². The number of nitrogens with zero attached hydrogens (tertiary/aromatic N) is 3. The van der Waals surface area contributed by atoms with Crippen molar-refractivity contribution in [3.8, 4) is 0 Å². The fourth-order valence-corrected chi connectivity index (χ4v) is 2.41. The molecule has 2 rings (SSSR count). The minimum absolute atomic E-state index is 0.0440. The first kappa shape index (κ1) is 12.5. The highest BCUT2D eigenvalue weighted by Crippen LogP contribution is 2.31. The molecule has 7 heteroatoms. The quantitative estimate of drug-likeness (QED) is 0.624. The number of hydrogen-bond acceptors (Lipinski definition) is 6. The van der Waals surface area contributed by atoms with Crippen molar-refractivity contribution >= 4 is 17.5 Å². The SMILES string of the molecule is CC1CCCC1CNc1nc(N)ncc1[N+](=O)[O-]. The molecule has 0 spiro atoms. The number of nitro groups is 1. The van der Waals surface area contributed by atoms with Crippen LogP contribution in [-0.2, 0) is 0 Å². The molecular weight excluding hydrogens is 234 g/mol. The van der Waals surface area contributed by atoms with Crippen LogP contribution < -0.4 is 11.1 Å². The molecule has 0 aromatic carbocycles. The predicted molar refractivity (Wildman–Crippen MR) is 68.1 cm³/mol. The zero-order valence-electron chi connectivity index (χ0n) is 10.3. The van der Waals surface area contributed by atoms with Crippen molar-refractivity contribution in [1.29, 1.82) is 0 Å². The molecule has 1 aromatic rings. The zero-order valence-corrected chi connectivity index (χ0v) is 10.3. The van der Waals surface area contributed by atoms with Crippen LogP contribution >= 0.6 is 0 Å². The number of anilines is 2. The number of nitrogen functional groups attached to an aromatic ring is 1. The fraction of sp³-hybridized carbons (Fsp3) is 0.636. The highest BCUT2D eigenvalue weighted by molar-refractivity contribution is 5.56. The Kier molecular flexibility index (Phi) is 3.59. The molecule has 0 amide bonds. The summed E-state index contributed by atoms with van der Waals surface area (Å²) < 4.78 is 0. The molecule has 2 unspecified atom stereocenters. The van der Waals surface area contributed by atoms with Crippen LogP contribution in [0.5, 0.6) is 0 Å². The van der Waals surface area contributed by atoms with E-state index in [2.05, 4.69) is 22.2 Å². The minimum Gasteiger partial charge on any atom is -0.368 e. The number of aromatic nitrogens is 2. The average molecular weight is 251 g/mol. The first-order valence-electron chi connectivity index (χ1n) is 6.08. The summed E-state index contributed by atoms with van der Waals surface area (Å²) in [6.07, 6.45) is 4.74. The summed E-state index contributed by atoms with van der Waals surface area (Å²) in [6, 6.07) is 0. The Morgan fingerprint density at radius 1 is 1.61 bits per heavy atom. The first-order valence-corrected chi connectivity index (χ1v) is 6.08.